The van der Waals surface area contributed by atoms with Crippen LogP contribution < -0.4 is 9.04 Å². The first-order chi connectivity index (χ1) is 45.1. The molecule has 9 nitrogen and oxygen atoms in total. The summed E-state index contributed by atoms with van der Waals surface area (Å²) in [4.78, 5) is 52.6. The second kappa shape index (κ2) is 29.3. The number of halogens is 2. The number of anilines is 1. The van der Waals surface area contributed by atoms with E-state index in [2.05, 4.69) is 0 Å². The molecule has 1 saturated carbocycles. The van der Waals surface area contributed by atoms with E-state index < -0.39 is 50.9 Å². The van der Waals surface area contributed by atoms with E-state index in [0.717, 1.165) is 34.0 Å². The molecule has 1 N–H and O–H groups in total. The van der Waals surface area contributed by atoms with E-state index in [0.29, 0.717) is 96.5 Å². The Hall–Kier alpha value is -10.3. The molecule has 2 aliphatic carbocycles. The molecule has 0 aliphatic heterocycles. The number of allylic oxidation sites excluding steroid dienone is 5. The molecule has 0 radical (unpaired) electrons. The standard InChI is InChI=1S/C81H70F2N2O7S/c1-80(2,89)67-54-66(76(92-75-47-43-62(82)53-69(75)83)55-64(67)65(50-59-32-16-6-17-33-59)72(86)44-40-56-26-10-3-11-27-56)77-63-38-22-23-39-70(63)84-79(78(77)85(93(90)91)71(52-61-36-20-8-21-37-61)74(88)46-42-58-30-14-5-15-31-58)81(48-24-9-25-49-81)68(51-60-34-18-7-19-35-60)73(87)45-41-57-28-12-4-13-29-57/h3-8,10-21,26-37,40-47,50-55,89,93H,9,22-25,38-39,48-49H2,1-2H3. The monoisotopic (exact) mass is 1250 g/mol. The largest absolute Gasteiger partial charge is 0.454 e. The minimum atomic E-state index is -3.95. The molecular weight excluding hydrogens is 1180 g/mol. The first-order valence-corrected chi connectivity index (χ1v) is 32.4. The molecule has 0 amide bonds. The Labute approximate surface area is 543 Å². The van der Waals surface area contributed by atoms with Crippen LogP contribution in [0.3, 0.4) is 0 Å². The van der Waals surface area contributed by atoms with Crippen LogP contribution in [0.2, 0.25) is 0 Å². The third-order valence-corrected chi connectivity index (χ3v) is 17.7. The molecule has 0 bridgehead atoms. The van der Waals surface area contributed by atoms with E-state index in [1.807, 2.05) is 164 Å². The number of nitrogens with zero attached hydrogens (tertiary/aromatic N) is 2. The number of ketones is 3. The second-order valence-electron chi connectivity index (χ2n) is 23.8. The summed E-state index contributed by atoms with van der Waals surface area (Å²) in [5, 5.41) is 12.9. The Morgan fingerprint density at radius 2 is 1.03 bits per heavy atom. The summed E-state index contributed by atoms with van der Waals surface area (Å²) in [7, 11) is -3.95. The van der Waals surface area contributed by atoms with Crippen LogP contribution in [0.15, 0.2) is 242 Å². The van der Waals surface area contributed by atoms with Crippen LogP contribution in [-0.2, 0) is 49.1 Å². The van der Waals surface area contributed by atoms with Crippen molar-refractivity contribution in [3.05, 3.63) is 315 Å². The van der Waals surface area contributed by atoms with Gasteiger partial charge in [-0.25, -0.2) is 21.5 Å². The lowest BCUT2D eigenvalue weighted by Gasteiger charge is -2.42. The number of hydrogen-bond acceptors (Lipinski definition) is 8. The first kappa shape index (κ1) is 64.3. The maximum atomic E-state index is 16.7. The van der Waals surface area contributed by atoms with Crippen molar-refractivity contribution in [1.29, 1.82) is 0 Å². The Balaban J connectivity index is 1.32. The fourth-order valence-corrected chi connectivity index (χ4v) is 13.2. The zero-order chi connectivity index (χ0) is 64.9. The van der Waals surface area contributed by atoms with Crippen molar-refractivity contribution in [3.8, 4) is 22.6 Å². The Morgan fingerprint density at radius 1 is 0.548 bits per heavy atom. The quantitative estimate of drug-likeness (QED) is 0.0390. The molecule has 93 heavy (non-hydrogen) atoms. The SMILES string of the molecule is CC(C)(O)c1cc(-c2c3c(nc(C4(C(=Cc5ccccc5)C(=O)C=Cc5ccccc5)CCCCC4)c2N(C(=Cc2ccccc2)C(=O)C=Cc2ccccc2)[SH](=O)=O)CCCC3)c(Oc2ccc(F)cc2F)cc1C(=Cc1ccccc1)C(=O)C=Cc1ccccc1. The van der Waals surface area contributed by atoms with Crippen molar-refractivity contribution >= 4 is 76.0 Å². The van der Waals surface area contributed by atoms with Crippen molar-refractivity contribution in [2.24, 2.45) is 0 Å². The lowest BCUT2D eigenvalue weighted by Crippen LogP contribution is -2.39. The summed E-state index contributed by atoms with van der Waals surface area (Å²) in [6.45, 7) is 3.14. The summed E-state index contributed by atoms with van der Waals surface area (Å²) >= 11 is 0. The number of aromatic nitrogens is 1. The average Bonchev–Trinajstić information content (AvgIpc) is 0.724. The Morgan fingerprint density at radius 3 is 1.55 bits per heavy atom. The molecule has 1 aromatic heterocycles. The van der Waals surface area contributed by atoms with Crippen LogP contribution >= 0.6 is 0 Å². The van der Waals surface area contributed by atoms with Gasteiger partial charge < -0.3 is 9.84 Å². The first-order valence-electron chi connectivity index (χ1n) is 31.3. The summed E-state index contributed by atoms with van der Waals surface area (Å²) < 4.78 is 70.6. The molecule has 2 aliphatic rings. The van der Waals surface area contributed by atoms with Crippen LogP contribution in [0.25, 0.3) is 53.2 Å². The van der Waals surface area contributed by atoms with E-state index in [4.69, 9.17) is 9.72 Å². The molecule has 12 heteroatoms. The van der Waals surface area contributed by atoms with Gasteiger partial charge in [0.25, 0.3) is 0 Å². The van der Waals surface area contributed by atoms with Gasteiger partial charge in [0.15, 0.2) is 23.1 Å². The van der Waals surface area contributed by atoms with Crippen molar-refractivity contribution in [3.63, 3.8) is 0 Å². The molecule has 11 rings (SSSR count). The Kier molecular flexibility index (Phi) is 20.3. The molecular formula is C81H70F2N2O7S. The third kappa shape index (κ3) is 15.2. The maximum Gasteiger partial charge on any atom is 0.229 e. The van der Waals surface area contributed by atoms with Gasteiger partial charge in [-0.05, 0) is 163 Å². The van der Waals surface area contributed by atoms with Gasteiger partial charge >= 0.3 is 0 Å². The number of fused-ring (bicyclic) bond motifs is 1. The van der Waals surface area contributed by atoms with Crippen molar-refractivity contribution in [1.82, 2.24) is 4.98 Å². The number of rotatable bonds is 22. The number of pyridine rings is 1. The van der Waals surface area contributed by atoms with Gasteiger partial charge in [0.05, 0.1) is 17.0 Å². The van der Waals surface area contributed by atoms with Crippen molar-refractivity contribution < 1.29 is 41.4 Å². The van der Waals surface area contributed by atoms with Gasteiger partial charge in [0, 0.05) is 39.4 Å². The highest BCUT2D eigenvalue weighted by Gasteiger charge is 2.47. The molecule has 8 aromatic carbocycles. The smallest absolute Gasteiger partial charge is 0.229 e. The topological polar surface area (TPSA) is 131 Å². The van der Waals surface area contributed by atoms with E-state index in [-0.39, 0.29) is 56.4 Å². The van der Waals surface area contributed by atoms with E-state index >= 15 is 31.6 Å². The number of benzene rings is 8. The third-order valence-electron chi connectivity index (χ3n) is 17.0. The number of hydrogen-bond donors (Lipinski definition) is 2. The van der Waals surface area contributed by atoms with Crippen LogP contribution in [0.1, 0.15) is 120 Å². The number of aryl methyl sites for hydroxylation is 1. The van der Waals surface area contributed by atoms with Gasteiger partial charge in [-0.1, -0.05) is 219 Å². The van der Waals surface area contributed by atoms with Gasteiger partial charge in [-0.15, -0.1) is 0 Å². The maximum absolute atomic E-state index is 16.7. The predicted molar refractivity (Wildman–Crippen MR) is 370 cm³/mol. The molecule has 1 heterocycles. The van der Waals surface area contributed by atoms with E-state index in [1.165, 1.54) is 18.2 Å². The minimum absolute atomic E-state index is 0.0723. The summed E-state index contributed by atoms with van der Waals surface area (Å²) in [6.07, 6.45) is 19.0. The zero-order valence-electron chi connectivity index (χ0n) is 51.8. The molecule has 0 unspecified atom stereocenters. The molecule has 466 valence electrons. The summed E-state index contributed by atoms with van der Waals surface area (Å²) in [5.41, 5.74) is 2.88. The summed E-state index contributed by atoms with van der Waals surface area (Å²) in [6, 6.07) is 61.4. The van der Waals surface area contributed by atoms with Crippen LogP contribution in [0, 0.1) is 11.6 Å². The predicted octanol–water partition coefficient (Wildman–Crippen LogP) is 18.0. The highest BCUT2D eigenvalue weighted by Crippen LogP contribution is 2.56. The fourth-order valence-electron chi connectivity index (χ4n) is 12.5. The normalized spacial score (nSPS) is 14.6. The van der Waals surface area contributed by atoms with Crippen LogP contribution in [-0.4, -0.2) is 35.9 Å². The molecule has 0 saturated heterocycles. The van der Waals surface area contributed by atoms with Gasteiger partial charge in [-0.2, -0.15) is 0 Å². The van der Waals surface area contributed by atoms with Crippen LogP contribution in [0.5, 0.6) is 11.5 Å². The van der Waals surface area contributed by atoms with Gasteiger partial charge in [-0.3, -0.25) is 19.4 Å². The molecule has 0 atom stereocenters. The zero-order valence-corrected chi connectivity index (χ0v) is 52.7. The van der Waals surface area contributed by atoms with Crippen LogP contribution in [0.4, 0.5) is 14.5 Å². The lowest BCUT2D eigenvalue weighted by molar-refractivity contribution is -0.112. The lowest BCUT2D eigenvalue weighted by atomic mass is 9.64. The number of carbonyl (C=O) groups excluding carboxylic acids is 3. The minimum Gasteiger partial charge on any atom is -0.454 e. The molecule has 9 aromatic rings. The summed E-state index contributed by atoms with van der Waals surface area (Å²) in [5.74, 6) is -4.02. The van der Waals surface area contributed by atoms with Gasteiger partial charge in [0.1, 0.15) is 17.3 Å². The van der Waals surface area contributed by atoms with Crippen molar-refractivity contribution in [2.75, 3.05) is 4.31 Å². The van der Waals surface area contributed by atoms with E-state index in [1.54, 1.807) is 80.6 Å². The fraction of sp³-hybridized carbons (Fsp3) is 0.160. The number of ether oxygens (including phenoxy) is 1. The highest BCUT2D eigenvalue weighted by atomic mass is 32.2. The van der Waals surface area contributed by atoms with E-state index in [9.17, 15) is 5.11 Å². The number of carbonyl (C=O) groups is 3. The number of thiol groups is 1. The van der Waals surface area contributed by atoms with Crippen molar-refractivity contribution in [2.45, 2.75) is 82.7 Å². The highest BCUT2D eigenvalue weighted by molar-refractivity contribution is 7.74. The second-order valence-corrected chi connectivity index (χ2v) is 24.7. The molecule has 1 fully saturated rings. The average molecular weight is 1250 g/mol. The molecule has 0 spiro atoms. The Bertz CT molecular complexity index is 4460. The van der Waals surface area contributed by atoms with Gasteiger partial charge in [0.2, 0.25) is 16.7 Å². The number of aliphatic hydroxyl groups is 1.